The van der Waals surface area contributed by atoms with Crippen LogP contribution in [0.4, 0.5) is 13.2 Å². The van der Waals surface area contributed by atoms with Crippen LogP contribution < -0.4 is 5.32 Å². The Morgan fingerprint density at radius 3 is 2.44 bits per heavy atom. The van der Waals surface area contributed by atoms with Crippen LogP contribution in [-0.2, 0) is 12.7 Å². The molecule has 0 radical (unpaired) electrons. The zero-order valence-electron chi connectivity index (χ0n) is 10.9. The normalized spacial score (nSPS) is 12.8. The van der Waals surface area contributed by atoms with Gasteiger partial charge in [-0.1, -0.05) is 20.8 Å². The molecular weight excluding hydrogens is 241 g/mol. The maximum atomic E-state index is 12.7. The van der Waals surface area contributed by atoms with E-state index in [1.165, 1.54) is 12.3 Å². The lowest BCUT2D eigenvalue weighted by Gasteiger charge is -2.18. The number of halogens is 3. The van der Waals surface area contributed by atoms with Crippen LogP contribution in [0.2, 0.25) is 0 Å². The van der Waals surface area contributed by atoms with Crippen LogP contribution in [-0.4, -0.2) is 11.5 Å². The van der Waals surface area contributed by atoms with Crippen LogP contribution in [0.3, 0.4) is 0 Å². The van der Waals surface area contributed by atoms with Crippen molar-refractivity contribution >= 4 is 0 Å². The highest BCUT2D eigenvalue weighted by atomic mass is 19.4. The minimum Gasteiger partial charge on any atom is -0.311 e. The highest BCUT2D eigenvalue weighted by molar-refractivity contribution is 5.22. The van der Waals surface area contributed by atoms with Crippen molar-refractivity contribution in [1.29, 1.82) is 0 Å². The van der Waals surface area contributed by atoms with E-state index in [4.69, 9.17) is 0 Å². The monoisotopic (exact) mass is 260 g/mol. The number of alkyl halides is 3. The first kappa shape index (κ1) is 15.0. The van der Waals surface area contributed by atoms with Crippen molar-refractivity contribution in [2.24, 2.45) is 5.41 Å². The van der Waals surface area contributed by atoms with Crippen molar-refractivity contribution in [2.45, 2.75) is 39.9 Å². The lowest BCUT2D eigenvalue weighted by Crippen LogP contribution is -2.22. The van der Waals surface area contributed by atoms with E-state index in [1.54, 1.807) is 0 Å². The Kier molecular flexibility index (Phi) is 4.73. The predicted octanol–water partition coefficient (Wildman–Crippen LogP) is 3.63. The van der Waals surface area contributed by atoms with Gasteiger partial charge in [0.1, 0.15) is 0 Å². The molecule has 0 atom stereocenters. The zero-order valence-corrected chi connectivity index (χ0v) is 10.9. The maximum Gasteiger partial charge on any atom is 0.418 e. The Morgan fingerprint density at radius 1 is 1.22 bits per heavy atom. The van der Waals surface area contributed by atoms with Crippen LogP contribution in [0.5, 0.6) is 0 Å². The molecule has 0 bridgehead atoms. The van der Waals surface area contributed by atoms with Gasteiger partial charge in [0.2, 0.25) is 0 Å². The van der Waals surface area contributed by atoms with Gasteiger partial charge in [0.15, 0.2) is 0 Å². The fraction of sp³-hybridized carbons (Fsp3) is 0.615. The number of hydrogen-bond donors (Lipinski definition) is 1. The van der Waals surface area contributed by atoms with Gasteiger partial charge in [-0.3, -0.25) is 4.98 Å². The summed E-state index contributed by atoms with van der Waals surface area (Å²) in [4.78, 5) is 3.80. The van der Waals surface area contributed by atoms with Gasteiger partial charge < -0.3 is 5.32 Å². The second-order valence-electron chi connectivity index (χ2n) is 5.48. The van der Waals surface area contributed by atoms with Gasteiger partial charge in [-0.25, -0.2) is 0 Å². The predicted molar refractivity (Wildman–Crippen MR) is 65.0 cm³/mol. The van der Waals surface area contributed by atoms with Gasteiger partial charge in [0.05, 0.1) is 11.3 Å². The molecule has 0 aromatic carbocycles. The van der Waals surface area contributed by atoms with E-state index >= 15 is 0 Å². The number of nitrogens with one attached hydrogen (secondary N) is 1. The van der Waals surface area contributed by atoms with Crippen molar-refractivity contribution in [3.63, 3.8) is 0 Å². The summed E-state index contributed by atoms with van der Waals surface area (Å²) in [5.41, 5.74) is -0.434. The Labute approximate surface area is 106 Å². The molecule has 1 aromatic heterocycles. The van der Waals surface area contributed by atoms with E-state index in [1.807, 2.05) is 0 Å². The minimum absolute atomic E-state index is 0.0545. The summed E-state index contributed by atoms with van der Waals surface area (Å²) in [6, 6.07) is 2.37. The number of nitrogens with zero attached hydrogens (tertiary/aromatic N) is 1. The molecule has 0 spiro atoms. The number of rotatable bonds is 4. The molecule has 1 rings (SSSR count). The van der Waals surface area contributed by atoms with Gasteiger partial charge in [-0.2, -0.15) is 13.2 Å². The topological polar surface area (TPSA) is 24.9 Å². The summed E-state index contributed by atoms with van der Waals surface area (Å²) in [5.74, 6) is 0. The van der Waals surface area contributed by atoms with Crippen LogP contribution in [0.15, 0.2) is 18.3 Å². The largest absolute Gasteiger partial charge is 0.418 e. The molecular formula is C13H19F3N2. The average molecular weight is 260 g/mol. The Bertz CT molecular complexity index is 381. The van der Waals surface area contributed by atoms with E-state index in [2.05, 4.69) is 31.1 Å². The van der Waals surface area contributed by atoms with E-state index in [0.717, 1.165) is 12.5 Å². The van der Waals surface area contributed by atoms with E-state index in [-0.39, 0.29) is 17.7 Å². The summed E-state index contributed by atoms with van der Waals surface area (Å²) in [5, 5.41) is 3.01. The first-order chi connectivity index (χ1) is 8.20. The van der Waals surface area contributed by atoms with Gasteiger partial charge in [-0.05, 0) is 30.5 Å². The molecule has 0 aliphatic rings. The fourth-order valence-corrected chi connectivity index (χ4v) is 1.51. The number of pyridine rings is 1. The molecule has 102 valence electrons. The Balaban J connectivity index is 2.58. The lowest BCUT2D eigenvalue weighted by atomic mass is 9.92. The summed E-state index contributed by atoms with van der Waals surface area (Å²) in [6.07, 6.45) is -2.05. The second-order valence-corrected chi connectivity index (χ2v) is 5.48. The molecule has 0 aliphatic carbocycles. The standard InChI is InChI=1S/C13H19F3N2/c1-12(2,3)6-8-17-9-11-10(13(14,15)16)5-4-7-18-11/h4-5,7,17H,6,8-9H2,1-3H3. The highest BCUT2D eigenvalue weighted by Crippen LogP contribution is 2.30. The summed E-state index contributed by atoms with van der Waals surface area (Å²) in [7, 11) is 0. The molecule has 0 saturated carbocycles. The number of aromatic nitrogens is 1. The third kappa shape index (κ3) is 5.04. The summed E-state index contributed by atoms with van der Waals surface area (Å²) in [6.45, 7) is 7.10. The molecule has 5 heteroatoms. The fourth-order valence-electron chi connectivity index (χ4n) is 1.51. The molecule has 1 N–H and O–H groups in total. The quantitative estimate of drug-likeness (QED) is 0.836. The summed E-state index contributed by atoms with van der Waals surface area (Å²) < 4.78 is 38.0. The van der Waals surface area contributed by atoms with Gasteiger partial charge in [0.25, 0.3) is 0 Å². The van der Waals surface area contributed by atoms with Crippen molar-refractivity contribution in [1.82, 2.24) is 10.3 Å². The SMILES string of the molecule is CC(C)(C)CCNCc1ncccc1C(F)(F)F. The molecule has 1 heterocycles. The summed E-state index contributed by atoms with van der Waals surface area (Å²) >= 11 is 0. The maximum absolute atomic E-state index is 12.7. The van der Waals surface area contributed by atoms with Gasteiger partial charge >= 0.3 is 6.18 Å². The van der Waals surface area contributed by atoms with Crippen LogP contribution in [0.1, 0.15) is 38.4 Å². The molecule has 0 aliphatic heterocycles. The lowest BCUT2D eigenvalue weighted by molar-refractivity contribution is -0.138. The van der Waals surface area contributed by atoms with Crippen LogP contribution in [0, 0.1) is 5.41 Å². The molecule has 1 aromatic rings. The first-order valence-electron chi connectivity index (χ1n) is 5.92. The molecule has 0 unspecified atom stereocenters. The van der Waals surface area contributed by atoms with E-state index < -0.39 is 11.7 Å². The highest BCUT2D eigenvalue weighted by Gasteiger charge is 2.33. The smallest absolute Gasteiger partial charge is 0.311 e. The van der Waals surface area contributed by atoms with Gasteiger partial charge in [-0.15, -0.1) is 0 Å². The molecule has 0 saturated heterocycles. The minimum atomic E-state index is -4.34. The van der Waals surface area contributed by atoms with Crippen LogP contribution in [0.25, 0.3) is 0 Å². The Morgan fingerprint density at radius 2 is 1.89 bits per heavy atom. The van der Waals surface area contributed by atoms with Gasteiger partial charge in [0, 0.05) is 12.7 Å². The molecule has 18 heavy (non-hydrogen) atoms. The average Bonchev–Trinajstić information content (AvgIpc) is 2.22. The Hall–Kier alpha value is -1.10. The molecule has 0 amide bonds. The number of hydrogen-bond acceptors (Lipinski definition) is 2. The zero-order chi connectivity index (χ0) is 13.8. The molecule has 0 fully saturated rings. The molecule has 2 nitrogen and oxygen atoms in total. The third-order valence-corrected chi connectivity index (χ3v) is 2.54. The third-order valence-electron chi connectivity index (χ3n) is 2.54. The van der Waals surface area contributed by atoms with Crippen molar-refractivity contribution in [3.05, 3.63) is 29.6 Å². The van der Waals surface area contributed by atoms with Crippen molar-refractivity contribution in [3.8, 4) is 0 Å². The van der Waals surface area contributed by atoms with E-state index in [9.17, 15) is 13.2 Å². The first-order valence-corrected chi connectivity index (χ1v) is 5.92. The van der Waals surface area contributed by atoms with Crippen molar-refractivity contribution < 1.29 is 13.2 Å². The van der Waals surface area contributed by atoms with E-state index in [0.29, 0.717) is 6.54 Å². The van der Waals surface area contributed by atoms with Crippen LogP contribution >= 0.6 is 0 Å². The van der Waals surface area contributed by atoms with Crippen molar-refractivity contribution in [2.75, 3.05) is 6.54 Å². The second kappa shape index (κ2) is 5.69.